The largest absolute Gasteiger partial charge is 1.00 e. The summed E-state index contributed by atoms with van der Waals surface area (Å²) < 4.78 is 55.3. The van der Waals surface area contributed by atoms with Crippen LogP contribution in [-0.4, -0.2) is 110 Å². The fourth-order valence-corrected chi connectivity index (χ4v) is 5.66. The van der Waals surface area contributed by atoms with Gasteiger partial charge in [0.05, 0.1) is 37.5 Å². The molecule has 0 bridgehead atoms. The number of nitrogens with one attached hydrogen (secondary N) is 2. The Kier molecular flexibility index (Phi) is 26.2. The Morgan fingerprint density at radius 2 is 1.15 bits per heavy atom. The molecule has 2 amide bonds. The Balaban J connectivity index is -0.00000214. The maximum Gasteiger partial charge on any atom is 1.00 e. The number of hydrogen-bond donors (Lipinski definition) is 4. The number of amides is 2. The first kappa shape index (κ1) is 50.1. The van der Waals surface area contributed by atoms with Crippen molar-refractivity contribution in [1.82, 2.24) is 10.6 Å². The van der Waals surface area contributed by atoms with E-state index in [1.165, 1.54) is 27.9 Å². The molecule has 2 aliphatic heterocycles. The van der Waals surface area contributed by atoms with Crippen molar-refractivity contribution in [2.75, 3.05) is 27.0 Å². The summed E-state index contributed by atoms with van der Waals surface area (Å²) in [4.78, 5) is 80.2. The molecule has 2 heterocycles. The van der Waals surface area contributed by atoms with Gasteiger partial charge in [-0.2, -0.15) is 19.2 Å². The number of aliphatic hydroxyl groups excluding tert-OH is 2. The second-order valence-electron chi connectivity index (χ2n) is 9.59. The van der Waals surface area contributed by atoms with E-state index in [1.54, 1.807) is 6.92 Å². The summed E-state index contributed by atoms with van der Waals surface area (Å²) in [5, 5.41) is 26.0. The molecule has 0 saturated carbocycles. The maximum atomic E-state index is 12.7. The zero-order chi connectivity index (χ0) is 34.4. The molecule has 0 aromatic carbocycles. The first-order valence-electron chi connectivity index (χ1n) is 12.6. The van der Waals surface area contributed by atoms with Crippen LogP contribution in [0.4, 0.5) is 0 Å². The minimum Gasteiger partial charge on any atom is -0.779 e. The fraction of sp³-hybridized carbons (Fsp3) is 0.818. The first-order chi connectivity index (χ1) is 20.3. The molecule has 2 fully saturated rings. The molecule has 0 aromatic heterocycles. The predicted molar refractivity (Wildman–Crippen MR) is 134 cm³/mol. The Labute approximate surface area is 308 Å². The summed E-state index contributed by atoms with van der Waals surface area (Å²) in [6.45, 7) is 5.28. The molecule has 0 spiro atoms. The SMILES string of the molecule is COCC1O[C@H](OP(=O)([O-])OCC2O[C@H](OP(C)(=O)[O-])C(NC(C)=O)[C@@H](C)[C@@H]2O)C(NC(C)=O)[C@@H](C)[C@@H]1O.O=C=O.O=C=O.[Na+].[Na+]. The van der Waals surface area contributed by atoms with E-state index in [-0.39, 0.29) is 78.0 Å². The molecule has 2 saturated heterocycles. The van der Waals surface area contributed by atoms with Crippen molar-refractivity contribution >= 4 is 39.5 Å². The smallest absolute Gasteiger partial charge is 0.779 e. The number of hydrogen-bond acceptors (Lipinski definition) is 18. The summed E-state index contributed by atoms with van der Waals surface area (Å²) in [7, 11) is -8.24. The zero-order valence-electron chi connectivity index (χ0n) is 26.5. The van der Waals surface area contributed by atoms with E-state index < -0.39 is 94.8 Å². The normalized spacial score (nSPS) is 32.6. The predicted octanol–water partition coefficient (Wildman–Crippen LogP) is -9.37. The van der Waals surface area contributed by atoms with E-state index in [4.69, 9.17) is 47.0 Å². The number of phosphoric acid groups is 1. The number of carbonyl (C=O) groups is 2. The molecule has 12 atom stereocenters. The fourth-order valence-electron chi connectivity index (χ4n) is 4.27. The Hall–Kier alpha value is -0.240. The van der Waals surface area contributed by atoms with Crippen LogP contribution in [0.25, 0.3) is 0 Å². The topological polar surface area (TPSA) is 303 Å². The molecule has 4 N–H and O–H groups in total. The average Bonchev–Trinajstić information content (AvgIpc) is 2.88. The molecule has 24 heteroatoms. The van der Waals surface area contributed by atoms with Gasteiger partial charge in [-0.15, -0.1) is 0 Å². The van der Waals surface area contributed by atoms with Crippen molar-refractivity contribution in [3.8, 4) is 0 Å². The van der Waals surface area contributed by atoms with Gasteiger partial charge in [0.25, 0.3) is 7.82 Å². The molecule has 6 unspecified atom stereocenters. The van der Waals surface area contributed by atoms with Crippen LogP contribution in [0.3, 0.4) is 0 Å². The van der Waals surface area contributed by atoms with Crippen molar-refractivity contribution in [3.05, 3.63) is 0 Å². The molecule has 46 heavy (non-hydrogen) atoms. The quantitative estimate of drug-likeness (QED) is 0.114. The molecular weight excluding hydrogens is 688 g/mol. The Morgan fingerprint density at radius 1 is 0.804 bits per heavy atom. The van der Waals surface area contributed by atoms with Crippen LogP contribution in [0.5, 0.6) is 0 Å². The molecule has 254 valence electrons. The van der Waals surface area contributed by atoms with Crippen LogP contribution in [0, 0.1) is 11.8 Å². The van der Waals surface area contributed by atoms with E-state index in [1.807, 2.05) is 0 Å². The second-order valence-corrected chi connectivity index (χ2v) is 12.7. The van der Waals surface area contributed by atoms with Crippen LogP contribution < -0.4 is 79.5 Å². The van der Waals surface area contributed by atoms with Gasteiger partial charge in [-0.1, -0.05) is 13.8 Å². The number of rotatable bonds is 11. The van der Waals surface area contributed by atoms with Gasteiger partial charge in [-0.05, 0) is 0 Å². The second kappa shape index (κ2) is 24.0. The van der Waals surface area contributed by atoms with Gasteiger partial charge >= 0.3 is 71.4 Å². The van der Waals surface area contributed by atoms with Crippen LogP contribution >= 0.6 is 15.4 Å². The number of phosphoric ester groups is 1. The summed E-state index contributed by atoms with van der Waals surface area (Å²) >= 11 is 0. The van der Waals surface area contributed by atoms with Gasteiger partial charge in [-0.3, -0.25) is 18.7 Å². The standard InChI is InChI=1S/C20H38N2O14P2.2CO2.2Na/c1-9-15(21-11(3)23)19(35-37(6,27)28)34-14(18(9)26)8-32-38(29,30)36-20-16(22-12(4)24)10(2)17(25)13(33-20)7-31-5;2*2-1-3;;/h9-10,13-20,25-26H,7-8H2,1-6H3,(H,21,23)(H,22,24)(H,27,28)(H,29,30);;;;/q;;;2*+1/p-2/t9-,10-,13?,14?,15?,16?,17+,18+,19-,20-;;;;/m1..../s1. The van der Waals surface area contributed by atoms with Gasteiger partial charge < -0.3 is 58.5 Å². The number of aliphatic hydroxyl groups is 2. The van der Waals surface area contributed by atoms with Crippen molar-refractivity contribution in [3.63, 3.8) is 0 Å². The average molecular weight is 724 g/mol. The summed E-state index contributed by atoms with van der Waals surface area (Å²) in [6.07, 6.45) is -7.57. The Morgan fingerprint density at radius 3 is 1.48 bits per heavy atom. The molecular formula is C22H36N2Na2O18P2. The third-order valence-corrected chi connectivity index (χ3v) is 7.69. The van der Waals surface area contributed by atoms with Gasteiger partial charge in [0.1, 0.15) is 19.8 Å². The zero-order valence-corrected chi connectivity index (χ0v) is 32.3. The van der Waals surface area contributed by atoms with Gasteiger partial charge in [-0.25, -0.2) is 0 Å². The molecule has 0 radical (unpaired) electrons. The van der Waals surface area contributed by atoms with E-state index in [2.05, 4.69) is 10.6 Å². The van der Waals surface area contributed by atoms with Gasteiger partial charge in [0.15, 0.2) is 12.6 Å². The van der Waals surface area contributed by atoms with E-state index in [0.717, 1.165) is 6.66 Å². The molecule has 20 nitrogen and oxygen atoms in total. The van der Waals surface area contributed by atoms with Crippen LogP contribution in [0.2, 0.25) is 0 Å². The van der Waals surface area contributed by atoms with Gasteiger partial charge in [0.2, 0.25) is 11.8 Å². The summed E-state index contributed by atoms with van der Waals surface area (Å²) in [5.41, 5.74) is 0. The summed E-state index contributed by atoms with van der Waals surface area (Å²) in [6, 6.07) is -2.15. The summed E-state index contributed by atoms with van der Waals surface area (Å²) in [5.74, 6) is -2.62. The number of carbonyl (C=O) groups excluding carboxylic acids is 6. The van der Waals surface area contributed by atoms with E-state index in [0.29, 0.717) is 0 Å². The van der Waals surface area contributed by atoms with Crippen LogP contribution in [-0.2, 0) is 65.7 Å². The molecule has 0 aromatic rings. The van der Waals surface area contributed by atoms with Crippen molar-refractivity contribution in [2.45, 2.75) is 76.8 Å². The van der Waals surface area contributed by atoms with Crippen LogP contribution in [0.1, 0.15) is 27.7 Å². The third-order valence-electron chi connectivity index (χ3n) is 6.17. The third kappa shape index (κ3) is 18.0. The molecule has 2 rings (SSSR count). The van der Waals surface area contributed by atoms with Crippen molar-refractivity contribution < 1.29 is 145 Å². The minimum atomic E-state index is -5.21. The Bertz CT molecular complexity index is 1090. The van der Waals surface area contributed by atoms with E-state index in [9.17, 15) is 38.7 Å². The number of ether oxygens (including phenoxy) is 3. The van der Waals surface area contributed by atoms with E-state index >= 15 is 0 Å². The molecule has 0 aliphatic carbocycles. The minimum absolute atomic E-state index is 0. The van der Waals surface area contributed by atoms with Crippen LogP contribution in [0.15, 0.2) is 0 Å². The van der Waals surface area contributed by atoms with Gasteiger partial charge in [0, 0.05) is 39.5 Å². The maximum absolute atomic E-state index is 12.7. The molecule has 2 aliphatic rings. The van der Waals surface area contributed by atoms with Crippen molar-refractivity contribution in [1.29, 1.82) is 0 Å². The number of methoxy groups -OCH3 is 1. The first-order valence-corrected chi connectivity index (χ1v) is 16.0. The monoisotopic (exact) mass is 724 g/mol. The van der Waals surface area contributed by atoms with Crippen molar-refractivity contribution in [2.24, 2.45) is 11.8 Å².